The summed E-state index contributed by atoms with van der Waals surface area (Å²) in [5.74, 6) is 0. The van der Waals surface area contributed by atoms with E-state index in [4.69, 9.17) is 16.3 Å². The van der Waals surface area contributed by atoms with Crippen molar-refractivity contribution in [3.8, 4) is 0 Å². The van der Waals surface area contributed by atoms with Crippen molar-refractivity contribution in [2.75, 3.05) is 44.3 Å². The number of nitrogens with zero attached hydrogens (tertiary/aromatic N) is 2. The van der Waals surface area contributed by atoms with Gasteiger partial charge in [-0.1, -0.05) is 11.6 Å². The highest BCUT2D eigenvalue weighted by Gasteiger charge is 2.24. The molecule has 0 atom stereocenters. The second-order valence-corrected chi connectivity index (χ2v) is 6.68. The monoisotopic (exact) mass is 337 g/mol. The largest absolute Gasteiger partial charge is 0.381 e. The SMILES string of the molecule is Cc1cc(Cl)ccc1N1CCN(C(=O)NC2CCOCC2)CC1. The normalized spacial score (nSPS) is 19.7. The van der Waals surface area contributed by atoms with E-state index in [0.717, 1.165) is 57.3 Å². The summed E-state index contributed by atoms with van der Waals surface area (Å²) in [7, 11) is 0. The summed E-state index contributed by atoms with van der Waals surface area (Å²) in [6.07, 6.45) is 1.82. The maximum Gasteiger partial charge on any atom is 0.317 e. The molecule has 2 heterocycles. The van der Waals surface area contributed by atoms with E-state index < -0.39 is 0 Å². The van der Waals surface area contributed by atoms with Gasteiger partial charge in [0.05, 0.1) is 0 Å². The van der Waals surface area contributed by atoms with Gasteiger partial charge in [-0.3, -0.25) is 0 Å². The summed E-state index contributed by atoms with van der Waals surface area (Å²) in [5, 5.41) is 3.90. The van der Waals surface area contributed by atoms with Crippen molar-refractivity contribution < 1.29 is 9.53 Å². The molecule has 2 amide bonds. The smallest absolute Gasteiger partial charge is 0.317 e. The molecule has 6 heteroatoms. The zero-order valence-electron chi connectivity index (χ0n) is 13.6. The fraction of sp³-hybridized carbons (Fsp3) is 0.588. The van der Waals surface area contributed by atoms with Crippen molar-refractivity contribution in [3.63, 3.8) is 0 Å². The number of nitrogens with one attached hydrogen (secondary N) is 1. The molecule has 2 aliphatic rings. The van der Waals surface area contributed by atoms with E-state index in [1.165, 1.54) is 11.3 Å². The third-order valence-electron chi connectivity index (χ3n) is 4.62. The first-order chi connectivity index (χ1) is 11.1. The van der Waals surface area contributed by atoms with Crippen LogP contribution in [0.1, 0.15) is 18.4 Å². The van der Waals surface area contributed by atoms with Crippen LogP contribution in [-0.4, -0.2) is 56.4 Å². The molecule has 0 aromatic heterocycles. The van der Waals surface area contributed by atoms with Crippen LogP contribution in [0.25, 0.3) is 0 Å². The lowest BCUT2D eigenvalue weighted by atomic mass is 10.1. The Morgan fingerprint density at radius 1 is 1.22 bits per heavy atom. The number of anilines is 1. The number of rotatable bonds is 2. The van der Waals surface area contributed by atoms with E-state index in [1.807, 2.05) is 17.0 Å². The first-order valence-electron chi connectivity index (χ1n) is 8.28. The Labute approximate surface area is 142 Å². The highest BCUT2D eigenvalue weighted by Crippen LogP contribution is 2.24. The van der Waals surface area contributed by atoms with Crippen LogP contribution in [0, 0.1) is 6.92 Å². The Bertz CT molecular complexity index is 553. The number of carbonyl (C=O) groups is 1. The average molecular weight is 338 g/mol. The average Bonchev–Trinajstić information content (AvgIpc) is 2.56. The van der Waals surface area contributed by atoms with Gasteiger partial charge in [0.15, 0.2) is 0 Å². The molecule has 0 aliphatic carbocycles. The van der Waals surface area contributed by atoms with E-state index in [9.17, 15) is 4.79 Å². The fourth-order valence-electron chi connectivity index (χ4n) is 3.23. The van der Waals surface area contributed by atoms with Crippen molar-refractivity contribution in [2.45, 2.75) is 25.8 Å². The lowest BCUT2D eigenvalue weighted by Gasteiger charge is -2.37. The quantitative estimate of drug-likeness (QED) is 0.902. The van der Waals surface area contributed by atoms with E-state index in [2.05, 4.69) is 23.2 Å². The molecular formula is C17H24ClN3O2. The Hall–Kier alpha value is -1.46. The molecule has 1 aromatic carbocycles. The maximum atomic E-state index is 12.4. The predicted molar refractivity (Wildman–Crippen MR) is 92.3 cm³/mol. The summed E-state index contributed by atoms with van der Waals surface area (Å²) in [6, 6.07) is 6.29. The highest BCUT2D eigenvalue weighted by atomic mass is 35.5. The lowest BCUT2D eigenvalue weighted by Crippen LogP contribution is -2.54. The van der Waals surface area contributed by atoms with E-state index >= 15 is 0 Å². The first kappa shape index (κ1) is 16.4. The van der Waals surface area contributed by atoms with E-state index in [1.54, 1.807) is 0 Å². The Balaban J connectivity index is 1.52. The van der Waals surface area contributed by atoms with Crippen molar-refractivity contribution in [2.24, 2.45) is 0 Å². The maximum absolute atomic E-state index is 12.4. The van der Waals surface area contributed by atoms with Crippen molar-refractivity contribution >= 4 is 23.3 Å². The Morgan fingerprint density at radius 2 is 1.91 bits per heavy atom. The van der Waals surface area contributed by atoms with Crippen LogP contribution >= 0.6 is 11.6 Å². The third kappa shape index (κ3) is 4.09. The van der Waals surface area contributed by atoms with Gasteiger partial charge in [-0.2, -0.15) is 0 Å². The van der Waals surface area contributed by atoms with Crippen LogP contribution in [-0.2, 0) is 4.74 Å². The van der Waals surface area contributed by atoms with E-state index in [-0.39, 0.29) is 12.1 Å². The minimum atomic E-state index is 0.0596. The number of piperazine rings is 1. The number of aryl methyl sites for hydroxylation is 1. The molecule has 0 spiro atoms. The minimum Gasteiger partial charge on any atom is -0.381 e. The number of ether oxygens (including phenoxy) is 1. The first-order valence-corrected chi connectivity index (χ1v) is 8.65. The number of amides is 2. The highest BCUT2D eigenvalue weighted by molar-refractivity contribution is 6.30. The van der Waals surface area contributed by atoms with Gasteiger partial charge in [0.25, 0.3) is 0 Å². The van der Waals surface area contributed by atoms with Gasteiger partial charge >= 0.3 is 6.03 Å². The molecule has 2 fully saturated rings. The van der Waals surface area contributed by atoms with Crippen LogP contribution in [0.15, 0.2) is 18.2 Å². The number of hydrogen-bond donors (Lipinski definition) is 1. The van der Waals surface area contributed by atoms with Crippen molar-refractivity contribution in [3.05, 3.63) is 28.8 Å². The third-order valence-corrected chi connectivity index (χ3v) is 4.85. The van der Waals surface area contributed by atoms with Crippen molar-refractivity contribution in [1.82, 2.24) is 10.2 Å². The number of benzene rings is 1. The molecule has 0 bridgehead atoms. The summed E-state index contributed by atoms with van der Waals surface area (Å²) in [6.45, 7) is 6.76. The standard InChI is InChI=1S/C17H24ClN3O2/c1-13-12-14(18)2-3-16(13)20-6-8-21(9-7-20)17(22)19-15-4-10-23-11-5-15/h2-3,12,15H,4-11H2,1H3,(H,19,22). The molecule has 1 aromatic rings. The van der Waals surface area contributed by atoms with Gasteiger partial charge in [0.1, 0.15) is 0 Å². The molecule has 0 unspecified atom stereocenters. The van der Waals surface area contributed by atoms with Crippen LogP contribution in [0.5, 0.6) is 0 Å². The molecule has 2 saturated heterocycles. The summed E-state index contributed by atoms with van der Waals surface area (Å²) in [5.41, 5.74) is 2.39. The summed E-state index contributed by atoms with van der Waals surface area (Å²) >= 11 is 6.02. The van der Waals surface area contributed by atoms with Gasteiger partial charge in [-0.15, -0.1) is 0 Å². The number of halogens is 1. The molecule has 126 valence electrons. The number of urea groups is 1. The molecule has 0 radical (unpaired) electrons. The molecule has 2 aliphatic heterocycles. The number of carbonyl (C=O) groups excluding carboxylic acids is 1. The van der Waals surface area contributed by atoms with Gasteiger partial charge in [0, 0.05) is 56.1 Å². The zero-order chi connectivity index (χ0) is 16.2. The van der Waals surface area contributed by atoms with Crippen LogP contribution < -0.4 is 10.2 Å². The summed E-state index contributed by atoms with van der Waals surface area (Å²) in [4.78, 5) is 16.6. The molecule has 3 rings (SSSR count). The topological polar surface area (TPSA) is 44.8 Å². The van der Waals surface area contributed by atoms with Crippen LogP contribution in [0.4, 0.5) is 10.5 Å². The van der Waals surface area contributed by atoms with Gasteiger partial charge in [-0.05, 0) is 43.5 Å². The summed E-state index contributed by atoms with van der Waals surface area (Å²) < 4.78 is 5.33. The van der Waals surface area contributed by atoms with Gasteiger partial charge < -0.3 is 19.9 Å². The molecule has 23 heavy (non-hydrogen) atoms. The number of hydrogen-bond acceptors (Lipinski definition) is 3. The second-order valence-electron chi connectivity index (χ2n) is 6.24. The molecular weight excluding hydrogens is 314 g/mol. The Kier molecular flexibility index (Phi) is 5.28. The van der Waals surface area contributed by atoms with Gasteiger partial charge in [-0.25, -0.2) is 4.79 Å². The van der Waals surface area contributed by atoms with Crippen LogP contribution in [0.3, 0.4) is 0 Å². The lowest BCUT2D eigenvalue weighted by molar-refractivity contribution is 0.0779. The van der Waals surface area contributed by atoms with Gasteiger partial charge in [0.2, 0.25) is 0 Å². The molecule has 1 N–H and O–H groups in total. The molecule has 0 saturated carbocycles. The van der Waals surface area contributed by atoms with E-state index in [0.29, 0.717) is 0 Å². The molecule has 5 nitrogen and oxygen atoms in total. The fourth-order valence-corrected chi connectivity index (χ4v) is 3.46. The predicted octanol–water partition coefficient (Wildman–Crippen LogP) is 2.66. The van der Waals surface area contributed by atoms with Crippen molar-refractivity contribution in [1.29, 1.82) is 0 Å². The minimum absolute atomic E-state index is 0.0596. The van der Waals surface area contributed by atoms with Crippen LogP contribution in [0.2, 0.25) is 5.02 Å². The second kappa shape index (κ2) is 7.41. The zero-order valence-corrected chi connectivity index (χ0v) is 14.3. The Morgan fingerprint density at radius 3 is 2.57 bits per heavy atom.